The lowest BCUT2D eigenvalue weighted by Crippen LogP contribution is -2.33. The normalized spacial score (nSPS) is 15.4. The van der Waals surface area contributed by atoms with E-state index in [-0.39, 0.29) is 35.4 Å². The summed E-state index contributed by atoms with van der Waals surface area (Å²) in [7, 11) is 0. The molecule has 0 spiro atoms. The first kappa shape index (κ1) is 23.0. The fraction of sp³-hybridized carbons (Fsp3) is 0.280. The van der Waals surface area contributed by atoms with Crippen molar-refractivity contribution in [2.24, 2.45) is 5.92 Å². The second-order valence-electron chi connectivity index (χ2n) is 8.34. The molecule has 1 atom stereocenters. The molecule has 0 unspecified atom stereocenters. The first-order valence-corrected chi connectivity index (χ1v) is 11.1. The third kappa shape index (κ3) is 4.76. The maximum Gasteiger partial charge on any atom is 0.227 e. The SMILES string of the molecule is Cc1ccc(N2C[C@H](C(=O)NCCCc3nn(-c4ccc(F)cc4)c(N)c3C#N)CC2=O)cc1. The zero-order chi connectivity index (χ0) is 24.2. The molecule has 8 nitrogen and oxygen atoms in total. The molecule has 1 aliphatic rings. The minimum Gasteiger partial charge on any atom is -0.382 e. The molecular weight excluding hydrogens is 435 g/mol. The number of carbonyl (C=O) groups is 2. The summed E-state index contributed by atoms with van der Waals surface area (Å²) >= 11 is 0. The van der Waals surface area contributed by atoms with E-state index in [0.29, 0.717) is 37.3 Å². The number of nitriles is 1. The van der Waals surface area contributed by atoms with Gasteiger partial charge in [-0.2, -0.15) is 10.4 Å². The van der Waals surface area contributed by atoms with E-state index in [0.717, 1.165) is 11.3 Å². The first-order valence-electron chi connectivity index (χ1n) is 11.1. The Balaban J connectivity index is 1.32. The summed E-state index contributed by atoms with van der Waals surface area (Å²) in [5, 5.41) is 16.8. The number of hydrogen-bond donors (Lipinski definition) is 2. The Kier molecular flexibility index (Phi) is 6.59. The second-order valence-corrected chi connectivity index (χ2v) is 8.34. The van der Waals surface area contributed by atoms with Gasteiger partial charge >= 0.3 is 0 Å². The zero-order valence-corrected chi connectivity index (χ0v) is 18.8. The molecule has 2 aromatic carbocycles. The summed E-state index contributed by atoms with van der Waals surface area (Å²) in [5.41, 5.74) is 9.32. The lowest BCUT2D eigenvalue weighted by atomic mass is 10.1. The van der Waals surface area contributed by atoms with Crippen LogP contribution in [0.15, 0.2) is 48.5 Å². The van der Waals surface area contributed by atoms with Gasteiger partial charge in [0, 0.05) is 25.2 Å². The van der Waals surface area contributed by atoms with Crippen LogP contribution in [0.5, 0.6) is 0 Å². The average molecular weight is 461 g/mol. The molecule has 2 amide bonds. The smallest absolute Gasteiger partial charge is 0.227 e. The zero-order valence-electron chi connectivity index (χ0n) is 18.8. The van der Waals surface area contributed by atoms with Crippen molar-refractivity contribution in [3.8, 4) is 11.8 Å². The monoisotopic (exact) mass is 460 g/mol. The molecule has 0 aliphatic carbocycles. The number of benzene rings is 2. The highest BCUT2D eigenvalue weighted by atomic mass is 19.1. The van der Waals surface area contributed by atoms with Crippen molar-refractivity contribution in [1.82, 2.24) is 15.1 Å². The maximum atomic E-state index is 13.2. The maximum absolute atomic E-state index is 13.2. The van der Waals surface area contributed by atoms with Gasteiger partial charge in [-0.15, -0.1) is 0 Å². The summed E-state index contributed by atoms with van der Waals surface area (Å²) in [5.74, 6) is -0.827. The number of rotatable bonds is 7. The number of aromatic nitrogens is 2. The molecule has 9 heteroatoms. The highest BCUT2D eigenvalue weighted by Gasteiger charge is 2.34. The van der Waals surface area contributed by atoms with Gasteiger partial charge in [0.25, 0.3) is 0 Å². The van der Waals surface area contributed by atoms with Crippen molar-refractivity contribution < 1.29 is 14.0 Å². The molecule has 0 saturated carbocycles. The topological polar surface area (TPSA) is 117 Å². The summed E-state index contributed by atoms with van der Waals surface area (Å²) < 4.78 is 14.6. The van der Waals surface area contributed by atoms with Gasteiger partial charge in [0.2, 0.25) is 11.8 Å². The van der Waals surface area contributed by atoms with Crippen LogP contribution in [0.4, 0.5) is 15.9 Å². The van der Waals surface area contributed by atoms with Crippen LogP contribution in [0.2, 0.25) is 0 Å². The minimum atomic E-state index is -0.406. The summed E-state index contributed by atoms with van der Waals surface area (Å²) in [4.78, 5) is 26.7. The van der Waals surface area contributed by atoms with Crippen molar-refractivity contribution in [3.63, 3.8) is 0 Å². The molecule has 174 valence electrons. The molecule has 4 rings (SSSR count). The number of nitrogens with two attached hydrogens (primary N) is 1. The molecule has 2 heterocycles. The van der Waals surface area contributed by atoms with Crippen molar-refractivity contribution in [3.05, 3.63) is 71.2 Å². The lowest BCUT2D eigenvalue weighted by Gasteiger charge is -2.17. The number of carbonyl (C=O) groups excluding carboxylic acids is 2. The van der Waals surface area contributed by atoms with E-state index in [1.165, 1.54) is 28.9 Å². The van der Waals surface area contributed by atoms with Crippen molar-refractivity contribution in [2.45, 2.75) is 26.2 Å². The molecule has 3 aromatic rings. The van der Waals surface area contributed by atoms with Crippen LogP contribution in [0, 0.1) is 30.0 Å². The van der Waals surface area contributed by atoms with E-state index in [4.69, 9.17) is 5.73 Å². The number of anilines is 2. The Morgan fingerprint density at radius 1 is 1.21 bits per heavy atom. The number of halogens is 1. The van der Waals surface area contributed by atoms with Crippen LogP contribution in [0.3, 0.4) is 0 Å². The molecule has 1 aromatic heterocycles. The van der Waals surface area contributed by atoms with Crippen molar-refractivity contribution in [2.75, 3.05) is 23.7 Å². The number of nitrogens with one attached hydrogen (secondary N) is 1. The highest BCUT2D eigenvalue weighted by Crippen LogP contribution is 2.26. The Hall–Kier alpha value is -4.19. The number of hydrogen-bond acceptors (Lipinski definition) is 5. The largest absolute Gasteiger partial charge is 0.382 e. The average Bonchev–Trinajstić information content (AvgIpc) is 3.37. The number of amides is 2. The van der Waals surface area contributed by atoms with Gasteiger partial charge in [-0.05, 0) is 56.2 Å². The predicted molar refractivity (Wildman–Crippen MR) is 126 cm³/mol. The number of aryl methyl sites for hydroxylation is 2. The highest BCUT2D eigenvalue weighted by molar-refractivity contribution is 6.00. The molecule has 1 fully saturated rings. The molecule has 34 heavy (non-hydrogen) atoms. The van der Waals surface area contributed by atoms with Gasteiger partial charge < -0.3 is 16.0 Å². The fourth-order valence-electron chi connectivity index (χ4n) is 4.02. The third-order valence-electron chi connectivity index (χ3n) is 5.91. The summed E-state index contributed by atoms with van der Waals surface area (Å²) in [6.45, 7) is 2.71. The Morgan fingerprint density at radius 3 is 2.56 bits per heavy atom. The van der Waals surface area contributed by atoms with Crippen LogP contribution in [-0.2, 0) is 16.0 Å². The predicted octanol–water partition coefficient (Wildman–Crippen LogP) is 2.88. The van der Waals surface area contributed by atoms with Crippen LogP contribution in [0.25, 0.3) is 5.69 Å². The molecule has 1 aliphatic heterocycles. The van der Waals surface area contributed by atoms with E-state index in [1.807, 2.05) is 31.2 Å². The quantitative estimate of drug-likeness (QED) is 0.526. The van der Waals surface area contributed by atoms with Crippen LogP contribution in [0.1, 0.15) is 29.7 Å². The van der Waals surface area contributed by atoms with Gasteiger partial charge in [-0.3, -0.25) is 9.59 Å². The molecule has 0 radical (unpaired) electrons. The standard InChI is InChI=1S/C25H25FN6O2/c1-16-4-8-19(9-5-16)31-15-17(13-23(31)33)25(34)29-12-2-3-22-21(14-27)24(28)32(30-22)20-10-6-18(26)7-11-20/h4-11,17H,2-3,12-13,15,28H2,1H3,(H,29,34)/t17-/m1/s1. The lowest BCUT2D eigenvalue weighted by molar-refractivity contribution is -0.126. The van der Waals surface area contributed by atoms with E-state index in [2.05, 4.69) is 16.5 Å². The number of nitrogen functional groups attached to an aromatic ring is 1. The van der Waals surface area contributed by atoms with Crippen LogP contribution in [-0.4, -0.2) is 34.7 Å². The van der Waals surface area contributed by atoms with Gasteiger partial charge in [-0.25, -0.2) is 9.07 Å². The minimum absolute atomic E-state index is 0.0653. The molecule has 3 N–H and O–H groups in total. The summed E-state index contributed by atoms with van der Waals surface area (Å²) in [6, 6.07) is 15.4. The van der Waals surface area contributed by atoms with Gasteiger partial charge in [0.15, 0.2) is 0 Å². The Bertz CT molecular complexity index is 1240. The van der Waals surface area contributed by atoms with E-state index < -0.39 is 5.92 Å². The fourth-order valence-corrected chi connectivity index (χ4v) is 4.02. The van der Waals surface area contributed by atoms with E-state index in [9.17, 15) is 19.2 Å². The molecular formula is C25H25FN6O2. The van der Waals surface area contributed by atoms with Gasteiger partial charge in [0.05, 0.1) is 17.3 Å². The van der Waals surface area contributed by atoms with Gasteiger partial charge in [-0.1, -0.05) is 17.7 Å². The Labute approximate surface area is 196 Å². The van der Waals surface area contributed by atoms with Gasteiger partial charge in [0.1, 0.15) is 23.3 Å². The van der Waals surface area contributed by atoms with Crippen molar-refractivity contribution in [1.29, 1.82) is 5.26 Å². The van der Waals surface area contributed by atoms with Crippen LogP contribution >= 0.6 is 0 Å². The van der Waals surface area contributed by atoms with E-state index in [1.54, 1.807) is 4.90 Å². The third-order valence-corrected chi connectivity index (χ3v) is 5.91. The van der Waals surface area contributed by atoms with Crippen molar-refractivity contribution >= 4 is 23.3 Å². The summed E-state index contributed by atoms with van der Waals surface area (Å²) in [6.07, 6.45) is 1.15. The number of nitrogens with zero attached hydrogens (tertiary/aromatic N) is 4. The second kappa shape index (κ2) is 9.75. The van der Waals surface area contributed by atoms with Crippen LogP contribution < -0.4 is 16.0 Å². The first-order chi connectivity index (χ1) is 16.4. The Morgan fingerprint density at radius 2 is 1.88 bits per heavy atom. The molecule has 0 bridgehead atoms. The molecule has 1 saturated heterocycles. The van der Waals surface area contributed by atoms with E-state index >= 15 is 0 Å².